The van der Waals surface area contributed by atoms with Crippen LogP contribution in [-0.2, 0) is 6.42 Å². The third kappa shape index (κ3) is 4.31. The van der Waals surface area contributed by atoms with Gasteiger partial charge >= 0.3 is 6.36 Å². The van der Waals surface area contributed by atoms with Crippen LogP contribution < -0.4 is 4.74 Å². The first-order chi connectivity index (χ1) is 12.4. The summed E-state index contributed by atoms with van der Waals surface area (Å²) in [5.74, 6) is -0.00354. The van der Waals surface area contributed by atoms with Crippen molar-refractivity contribution in [3.8, 4) is 22.8 Å². The first-order valence-electron chi connectivity index (χ1n) is 8.47. The molecular weight excluding hydrogens is 345 g/mol. The molecule has 6 heteroatoms. The molecule has 0 amide bonds. The first kappa shape index (κ1) is 18.2. The van der Waals surface area contributed by atoms with Crippen molar-refractivity contribution < 1.29 is 27.4 Å². The number of phenolic OH excluding ortho intramolecular Hbond substituents is 1. The van der Waals surface area contributed by atoms with Gasteiger partial charge in [0.1, 0.15) is 22.8 Å². The Morgan fingerprint density at radius 2 is 1.85 bits per heavy atom. The fraction of sp³-hybridized carbons (Fsp3) is 0.300. The summed E-state index contributed by atoms with van der Waals surface area (Å²) >= 11 is 0. The lowest BCUT2D eigenvalue weighted by molar-refractivity contribution is -0.274. The predicted octanol–water partition coefficient (Wildman–Crippen LogP) is 6.44. The zero-order valence-corrected chi connectivity index (χ0v) is 14.3. The molecule has 1 N–H and O–H groups in total. The molecule has 0 bridgehead atoms. The van der Waals surface area contributed by atoms with E-state index in [0.29, 0.717) is 17.4 Å². The summed E-state index contributed by atoms with van der Waals surface area (Å²) in [5, 5.41) is 10.2. The minimum Gasteiger partial charge on any atom is -0.508 e. The predicted molar refractivity (Wildman–Crippen MR) is 93.2 cm³/mol. The molecule has 0 saturated carbocycles. The Morgan fingerprint density at radius 1 is 1.04 bits per heavy atom. The number of hydrogen-bond acceptors (Lipinski definition) is 3. The lowest BCUT2D eigenvalue weighted by Gasteiger charge is -2.13. The van der Waals surface area contributed by atoms with Crippen molar-refractivity contribution >= 4 is 11.0 Å². The zero-order chi connectivity index (χ0) is 18.7. The van der Waals surface area contributed by atoms with Crippen molar-refractivity contribution in [1.82, 2.24) is 0 Å². The number of ether oxygens (including phenoxy) is 1. The molecule has 0 aliphatic carbocycles. The highest BCUT2D eigenvalue weighted by molar-refractivity contribution is 5.85. The van der Waals surface area contributed by atoms with E-state index in [1.807, 2.05) is 0 Å². The van der Waals surface area contributed by atoms with Crippen LogP contribution in [0.4, 0.5) is 13.2 Å². The molecule has 3 rings (SSSR count). The highest BCUT2D eigenvalue weighted by Gasteiger charge is 2.32. The Bertz CT molecular complexity index is 897. The summed E-state index contributed by atoms with van der Waals surface area (Å²) in [6.07, 6.45) is -1.14. The molecular formula is C20H19F3O3. The number of halogens is 3. The zero-order valence-electron chi connectivity index (χ0n) is 14.3. The van der Waals surface area contributed by atoms with Gasteiger partial charge in [-0.2, -0.15) is 0 Å². The molecule has 0 saturated heterocycles. The molecule has 0 spiro atoms. The van der Waals surface area contributed by atoms with Crippen LogP contribution in [0, 0.1) is 0 Å². The smallest absolute Gasteiger partial charge is 0.508 e. The molecule has 0 atom stereocenters. The molecule has 26 heavy (non-hydrogen) atoms. The monoisotopic (exact) mass is 364 g/mol. The van der Waals surface area contributed by atoms with E-state index in [-0.39, 0.29) is 22.8 Å². The number of unbranched alkanes of at least 4 members (excludes halogenated alkanes) is 2. The SMILES string of the molecule is CCCCCc1ccc(-c2cc3ccc(O)cc3o2)c(OC(F)(F)F)c1. The Balaban J connectivity index is 2.00. The average molecular weight is 364 g/mol. The molecule has 138 valence electrons. The Kier molecular flexibility index (Phi) is 5.11. The number of aromatic hydroxyl groups is 1. The highest BCUT2D eigenvalue weighted by Crippen LogP contribution is 2.38. The van der Waals surface area contributed by atoms with Gasteiger partial charge in [0, 0.05) is 11.5 Å². The van der Waals surface area contributed by atoms with E-state index < -0.39 is 6.36 Å². The van der Waals surface area contributed by atoms with Crippen molar-refractivity contribution in [3.63, 3.8) is 0 Å². The Labute approximate surface area is 149 Å². The van der Waals surface area contributed by atoms with Crippen LogP contribution in [0.1, 0.15) is 31.7 Å². The van der Waals surface area contributed by atoms with Crippen molar-refractivity contribution in [1.29, 1.82) is 0 Å². The van der Waals surface area contributed by atoms with E-state index in [1.165, 1.54) is 18.2 Å². The van der Waals surface area contributed by atoms with Crippen molar-refractivity contribution in [2.24, 2.45) is 0 Å². The van der Waals surface area contributed by atoms with Crippen LogP contribution in [0.25, 0.3) is 22.3 Å². The van der Waals surface area contributed by atoms with E-state index in [0.717, 1.165) is 24.8 Å². The van der Waals surface area contributed by atoms with E-state index in [9.17, 15) is 18.3 Å². The number of fused-ring (bicyclic) bond motifs is 1. The molecule has 0 fully saturated rings. The summed E-state index contributed by atoms with van der Waals surface area (Å²) in [5.41, 5.74) is 1.40. The average Bonchev–Trinajstić information content (AvgIpc) is 2.96. The number of rotatable bonds is 6. The second-order valence-corrected chi connectivity index (χ2v) is 6.17. The minimum absolute atomic E-state index is 0.0245. The largest absolute Gasteiger partial charge is 0.573 e. The minimum atomic E-state index is -4.79. The third-order valence-corrected chi connectivity index (χ3v) is 4.11. The standard InChI is InChI=1S/C20H19F3O3/c1-2-3-4-5-13-6-9-16(19(10-13)26-20(21,22)23)18-11-14-7-8-15(24)12-17(14)25-18/h6-12,24H,2-5H2,1H3. The van der Waals surface area contributed by atoms with Gasteiger partial charge in [0.05, 0.1) is 5.56 Å². The normalized spacial score (nSPS) is 11.8. The van der Waals surface area contributed by atoms with E-state index in [4.69, 9.17) is 4.42 Å². The molecule has 0 aliphatic heterocycles. The van der Waals surface area contributed by atoms with Gasteiger partial charge in [0.2, 0.25) is 0 Å². The van der Waals surface area contributed by atoms with Gasteiger partial charge in [-0.15, -0.1) is 13.2 Å². The van der Waals surface area contributed by atoms with Gasteiger partial charge in [0.15, 0.2) is 0 Å². The molecule has 3 aromatic rings. The molecule has 3 nitrogen and oxygen atoms in total. The Hall–Kier alpha value is -2.63. The fourth-order valence-electron chi connectivity index (χ4n) is 2.87. The summed E-state index contributed by atoms with van der Waals surface area (Å²) in [6.45, 7) is 2.07. The van der Waals surface area contributed by atoms with Gasteiger partial charge in [-0.1, -0.05) is 25.8 Å². The second kappa shape index (κ2) is 7.32. The van der Waals surface area contributed by atoms with E-state index >= 15 is 0 Å². The van der Waals surface area contributed by atoms with Crippen molar-refractivity contribution in [2.75, 3.05) is 0 Å². The van der Waals surface area contributed by atoms with Crippen LogP contribution in [-0.4, -0.2) is 11.5 Å². The Morgan fingerprint density at radius 3 is 2.58 bits per heavy atom. The topological polar surface area (TPSA) is 42.6 Å². The summed E-state index contributed by atoms with van der Waals surface area (Å²) < 4.78 is 48.4. The fourth-order valence-corrected chi connectivity index (χ4v) is 2.87. The number of hydrogen-bond donors (Lipinski definition) is 1. The summed E-state index contributed by atoms with van der Waals surface area (Å²) in [6, 6.07) is 11.0. The van der Waals surface area contributed by atoms with Crippen LogP contribution in [0.3, 0.4) is 0 Å². The number of furan rings is 1. The van der Waals surface area contributed by atoms with Gasteiger partial charge in [-0.25, -0.2) is 0 Å². The first-order valence-corrected chi connectivity index (χ1v) is 8.47. The molecule has 0 aliphatic rings. The maximum absolute atomic E-state index is 12.8. The van der Waals surface area contributed by atoms with E-state index in [2.05, 4.69) is 11.7 Å². The maximum atomic E-state index is 12.8. The van der Waals surface area contributed by atoms with Crippen molar-refractivity contribution in [2.45, 2.75) is 39.0 Å². The van der Waals surface area contributed by atoms with Gasteiger partial charge in [-0.3, -0.25) is 0 Å². The second-order valence-electron chi connectivity index (χ2n) is 6.17. The molecule has 0 unspecified atom stereocenters. The summed E-state index contributed by atoms with van der Waals surface area (Å²) in [7, 11) is 0. The van der Waals surface area contributed by atoms with Gasteiger partial charge in [-0.05, 0) is 48.7 Å². The van der Waals surface area contributed by atoms with Gasteiger partial charge < -0.3 is 14.3 Å². The van der Waals surface area contributed by atoms with Crippen LogP contribution >= 0.6 is 0 Å². The molecule has 0 radical (unpaired) electrons. The number of benzene rings is 2. The van der Waals surface area contributed by atoms with E-state index in [1.54, 1.807) is 24.3 Å². The van der Waals surface area contributed by atoms with Gasteiger partial charge in [0.25, 0.3) is 0 Å². The number of phenols is 1. The lowest BCUT2D eigenvalue weighted by atomic mass is 10.0. The number of aryl methyl sites for hydroxylation is 1. The lowest BCUT2D eigenvalue weighted by Crippen LogP contribution is -2.17. The highest BCUT2D eigenvalue weighted by atomic mass is 19.4. The number of alkyl halides is 3. The van der Waals surface area contributed by atoms with Crippen molar-refractivity contribution in [3.05, 3.63) is 48.0 Å². The quantitative estimate of drug-likeness (QED) is 0.512. The van der Waals surface area contributed by atoms with Crippen LogP contribution in [0.2, 0.25) is 0 Å². The molecule has 2 aromatic carbocycles. The summed E-state index contributed by atoms with van der Waals surface area (Å²) in [4.78, 5) is 0. The van der Waals surface area contributed by atoms with Crippen LogP contribution in [0.5, 0.6) is 11.5 Å². The molecule has 1 heterocycles. The van der Waals surface area contributed by atoms with Crippen LogP contribution in [0.15, 0.2) is 46.9 Å². The third-order valence-electron chi connectivity index (χ3n) is 4.11. The molecule has 1 aromatic heterocycles. The maximum Gasteiger partial charge on any atom is 0.573 e.